The van der Waals surface area contributed by atoms with Crippen molar-refractivity contribution < 1.29 is 9.59 Å². The molecule has 5 rings (SSSR count). The van der Waals surface area contributed by atoms with Crippen LogP contribution in [-0.2, 0) is 4.79 Å². The molecule has 1 aromatic carbocycles. The summed E-state index contributed by atoms with van der Waals surface area (Å²) in [5.74, 6) is 0.0871. The number of thiophene rings is 1. The molecule has 3 aromatic heterocycles. The molecule has 2 amide bonds. The van der Waals surface area contributed by atoms with E-state index in [1.165, 1.54) is 11.3 Å². The molecule has 1 aliphatic heterocycles. The number of carbonyl (C=O) groups is 2. The monoisotopic (exact) mass is 447 g/mol. The highest BCUT2D eigenvalue weighted by molar-refractivity contribution is 7.21. The number of amides is 2. The first-order valence-corrected chi connectivity index (χ1v) is 11.6. The maximum atomic E-state index is 13.1. The zero-order chi connectivity index (χ0) is 22.2. The van der Waals surface area contributed by atoms with Crippen molar-refractivity contribution in [2.24, 2.45) is 11.7 Å². The molecule has 1 atom stereocenters. The Kier molecular flexibility index (Phi) is 5.30. The molecule has 8 heteroatoms. The van der Waals surface area contributed by atoms with E-state index in [2.05, 4.69) is 33.5 Å². The Bertz CT molecular complexity index is 1320. The molecule has 0 aliphatic carbocycles. The number of aromatic amines is 1. The molecule has 4 N–H and O–H groups in total. The minimum atomic E-state index is -0.281. The van der Waals surface area contributed by atoms with Gasteiger partial charge in [0.25, 0.3) is 5.91 Å². The van der Waals surface area contributed by atoms with Gasteiger partial charge in [0.2, 0.25) is 5.91 Å². The van der Waals surface area contributed by atoms with Gasteiger partial charge in [-0.25, -0.2) is 0 Å². The number of fused-ring (bicyclic) bond motifs is 2. The van der Waals surface area contributed by atoms with E-state index in [1.807, 2.05) is 30.0 Å². The largest absolute Gasteiger partial charge is 0.370 e. The average Bonchev–Trinajstić information content (AvgIpc) is 3.49. The number of carbonyl (C=O) groups excluding carboxylic acids is 2. The third kappa shape index (κ3) is 4.05. The van der Waals surface area contributed by atoms with Crippen molar-refractivity contribution in [3.8, 4) is 0 Å². The molecule has 7 nitrogen and oxygen atoms in total. The highest BCUT2D eigenvalue weighted by atomic mass is 32.1. The van der Waals surface area contributed by atoms with Crippen molar-refractivity contribution in [3.05, 3.63) is 53.2 Å². The molecule has 0 spiro atoms. The minimum absolute atomic E-state index is 0.0322. The van der Waals surface area contributed by atoms with Gasteiger partial charge in [-0.05, 0) is 62.1 Å². The number of H-pyrrole nitrogens is 1. The molecule has 32 heavy (non-hydrogen) atoms. The summed E-state index contributed by atoms with van der Waals surface area (Å²) in [6, 6.07) is 12.2. The number of aromatic nitrogens is 2. The first kappa shape index (κ1) is 20.5. The molecule has 1 aliphatic rings. The number of hydrogen-bond donors (Lipinski definition) is 3. The summed E-state index contributed by atoms with van der Waals surface area (Å²) < 4.78 is 0.964. The van der Waals surface area contributed by atoms with Crippen molar-refractivity contribution in [3.63, 3.8) is 0 Å². The van der Waals surface area contributed by atoms with E-state index in [9.17, 15) is 9.59 Å². The molecule has 1 saturated heterocycles. The van der Waals surface area contributed by atoms with Crippen LogP contribution < -0.4 is 11.1 Å². The third-order valence-electron chi connectivity index (χ3n) is 6.03. The minimum Gasteiger partial charge on any atom is -0.370 e. The maximum Gasteiger partial charge on any atom is 0.264 e. The van der Waals surface area contributed by atoms with E-state index in [0.29, 0.717) is 30.3 Å². The van der Waals surface area contributed by atoms with Crippen LogP contribution in [0.4, 0.5) is 11.4 Å². The number of nitrogens with one attached hydrogen (secondary N) is 2. The molecule has 0 saturated carbocycles. The Hall–Kier alpha value is -3.39. The second-order valence-corrected chi connectivity index (χ2v) is 9.53. The van der Waals surface area contributed by atoms with Crippen molar-refractivity contribution in [2.45, 2.75) is 26.2 Å². The standard InChI is InChI=1S/C24H25N5O2S/c1-14-10-16-11-17(3-4-18(16)27-14)28-19-6-8-26-20-12-21(32-23(19)20)24(31)29-9-7-15(13-29)2-5-22(25)30/h3-4,6,8,10-12,15,27H,2,5,7,9,13H2,1H3,(H2,25,30)(H,26,28). The number of benzene rings is 1. The SMILES string of the molecule is Cc1cc2cc(Nc3ccnc4cc(C(=O)N5CCC(CCC(N)=O)C5)sc34)ccc2[nH]1. The summed E-state index contributed by atoms with van der Waals surface area (Å²) in [7, 11) is 0. The smallest absolute Gasteiger partial charge is 0.264 e. The Morgan fingerprint density at radius 2 is 2.16 bits per heavy atom. The lowest BCUT2D eigenvalue weighted by Crippen LogP contribution is -2.28. The predicted octanol–water partition coefficient (Wildman–Crippen LogP) is 4.56. The summed E-state index contributed by atoms with van der Waals surface area (Å²) in [6.45, 7) is 3.43. The van der Waals surface area contributed by atoms with Crippen LogP contribution in [0.2, 0.25) is 0 Å². The van der Waals surface area contributed by atoms with E-state index in [4.69, 9.17) is 5.73 Å². The summed E-state index contributed by atoms with van der Waals surface area (Å²) in [5.41, 5.74) is 10.2. The van der Waals surface area contributed by atoms with Crippen molar-refractivity contribution in [1.29, 1.82) is 0 Å². The molecular formula is C24H25N5O2S. The average molecular weight is 448 g/mol. The van der Waals surface area contributed by atoms with E-state index in [1.54, 1.807) is 6.20 Å². The summed E-state index contributed by atoms with van der Waals surface area (Å²) in [5, 5.41) is 4.64. The molecule has 164 valence electrons. The predicted molar refractivity (Wildman–Crippen MR) is 128 cm³/mol. The van der Waals surface area contributed by atoms with Crippen molar-refractivity contribution >= 4 is 55.6 Å². The zero-order valence-corrected chi connectivity index (χ0v) is 18.7. The Balaban J connectivity index is 1.35. The van der Waals surface area contributed by atoms with Crippen LogP contribution in [0.1, 0.15) is 34.6 Å². The van der Waals surface area contributed by atoms with Gasteiger partial charge in [-0.1, -0.05) is 0 Å². The van der Waals surface area contributed by atoms with Gasteiger partial charge >= 0.3 is 0 Å². The van der Waals surface area contributed by atoms with Crippen LogP contribution >= 0.6 is 11.3 Å². The van der Waals surface area contributed by atoms with Crippen molar-refractivity contribution in [2.75, 3.05) is 18.4 Å². The zero-order valence-electron chi connectivity index (χ0n) is 17.9. The van der Waals surface area contributed by atoms with Crippen LogP contribution in [0, 0.1) is 12.8 Å². The number of primary amides is 1. The number of likely N-dealkylation sites (tertiary alicyclic amines) is 1. The van der Waals surface area contributed by atoms with Gasteiger partial charge in [-0.15, -0.1) is 11.3 Å². The Morgan fingerprint density at radius 3 is 3.00 bits per heavy atom. The molecule has 1 fully saturated rings. The van der Waals surface area contributed by atoms with Gasteiger partial charge in [0.15, 0.2) is 0 Å². The van der Waals surface area contributed by atoms with Crippen LogP contribution in [0.15, 0.2) is 42.6 Å². The Morgan fingerprint density at radius 1 is 1.28 bits per heavy atom. The van der Waals surface area contributed by atoms with E-state index in [0.717, 1.165) is 51.0 Å². The lowest BCUT2D eigenvalue weighted by molar-refractivity contribution is -0.118. The molecular weight excluding hydrogens is 422 g/mol. The first-order chi connectivity index (χ1) is 15.5. The topological polar surface area (TPSA) is 104 Å². The third-order valence-corrected chi connectivity index (χ3v) is 7.17. The number of aryl methyl sites for hydroxylation is 1. The number of nitrogens with zero attached hydrogens (tertiary/aromatic N) is 2. The normalized spacial score (nSPS) is 16.2. The molecule has 4 aromatic rings. The van der Waals surface area contributed by atoms with E-state index in [-0.39, 0.29) is 11.8 Å². The van der Waals surface area contributed by atoms with Gasteiger partial charge in [0.05, 0.1) is 20.8 Å². The molecule has 0 radical (unpaired) electrons. The first-order valence-electron chi connectivity index (χ1n) is 10.8. The highest BCUT2D eigenvalue weighted by Crippen LogP contribution is 2.34. The van der Waals surface area contributed by atoms with Crippen LogP contribution in [0.5, 0.6) is 0 Å². The fourth-order valence-corrected chi connectivity index (χ4v) is 5.46. The van der Waals surface area contributed by atoms with E-state index >= 15 is 0 Å². The van der Waals surface area contributed by atoms with Crippen LogP contribution in [0.3, 0.4) is 0 Å². The van der Waals surface area contributed by atoms with Gasteiger partial charge in [0.1, 0.15) is 0 Å². The number of anilines is 2. The lowest BCUT2D eigenvalue weighted by atomic mass is 10.0. The number of nitrogens with two attached hydrogens (primary N) is 1. The maximum absolute atomic E-state index is 13.1. The Labute approximate surface area is 189 Å². The summed E-state index contributed by atoms with van der Waals surface area (Å²) in [4.78, 5) is 34.5. The van der Waals surface area contributed by atoms with Gasteiger partial charge in [0, 0.05) is 48.0 Å². The van der Waals surface area contributed by atoms with Crippen LogP contribution in [0.25, 0.3) is 21.1 Å². The van der Waals surface area contributed by atoms with E-state index < -0.39 is 0 Å². The van der Waals surface area contributed by atoms with Gasteiger partial charge < -0.3 is 20.9 Å². The molecule has 4 heterocycles. The number of rotatable bonds is 6. The highest BCUT2D eigenvalue weighted by Gasteiger charge is 2.28. The lowest BCUT2D eigenvalue weighted by Gasteiger charge is -2.15. The second-order valence-electron chi connectivity index (χ2n) is 8.47. The van der Waals surface area contributed by atoms with Gasteiger partial charge in [-0.3, -0.25) is 14.6 Å². The quantitative estimate of drug-likeness (QED) is 0.403. The summed E-state index contributed by atoms with van der Waals surface area (Å²) >= 11 is 1.47. The molecule has 1 unspecified atom stereocenters. The summed E-state index contributed by atoms with van der Waals surface area (Å²) in [6.07, 6.45) is 3.80. The van der Waals surface area contributed by atoms with Crippen molar-refractivity contribution in [1.82, 2.24) is 14.9 Å². The second kappa shape index (κ2) is 8.27. The number of pyridine rings is 1. The molecule has 0 bridgehead atoms. The van der Waals surface area contributed by atoms with Gasteiger partial charge in [-0.2, -0.15) is 0 Å². The van der Waals surface area contributed by atoms with Crippen LogP contribution in [-0.4, -0.2) is 39.8 Å². The fraction of sp³-hybridized carbons (Fsp3) is 0.292. The fourth-order valence-electron chi connectivity index (χ4n) is 4.41. The number of hydrogen-bond acceptors (Lipinski definition) is 5.